The van der Waals surface area contributed by atoms with Crippen molar-refractivity contribution in [2.45, 2.75) is 0 Å². The maximum absolute atomic E-state index is 11.1. The minimum Gasteiger partial charge on any atom is -0.364 e. The van der Waals surface area contributed by atoms with Gasteiger partial charge in [-0.2, -0.15) is 5.53 Å². The second kappa shape index (κ2) is 4.25. The van der Waals surface area contributed by atoms with E-state index in [2.05, 4.69) is 9.97 Å². The van der Waals surface area contributed by atoms with Crippen molar-refractivity contribution >= 4 is 11.8 Å². The molecule has 74 valence electrons. The topological polar surface area (TPSA) is 136 Å². The SMILES string of the molecule is NNNC(=O)c1nccc(C(N)=O)n1. The summed E-state index contributed by atoms with van der Waals surface area (Å²) < 4.78 is 0. The fourth-order valence-electron chi connectivity index (χ4n) is 0.727. The largest absolute Gasteiger partial charge is 0.364 e. The maximum atomic E-state index is 11.1. The Balaban J connectivity index is 2.93. The average Bonchev–Trinajstić information content (AvgIpc) is 2.18. The smallest absolute Gasteiger partial charge is 0.304 e. The highest BCUT2D eigenvalue weighted by atomic mass is 16.2. The van der Waals surface area contributed by atoms with Crippen molar-refractivity contribution in [3.05, 3.63) is 23.8 Å². The standard InChI is InChI=1S/C6H8N6O2/c7-4(13)3-1-2-9-5(10-3)6(14)11-12-8/h1-2,12H,8H2,(H2,7,13)(H,11,14). The highest BCUT2D eigenvalue weighted by Gasteiger charge is 2.10. The van der Waals surface area contributed by atoms with Crippen LogP contribution in [0, 0.1) is 0 Å². The third kappa shape index (κ3) is 2.21. The van der Waals surface area contributed by atoms with Gasteiger partial charge in [-0.1, -0.05) is 0 Å². The van der Waals surface area contributed by atoms with Crippen LogP contribution in [0.5, 0.6) is 0 Å². The lowest BCUT2D eigenvalue weighted by atomic mass is 10.4. The lowest BCUT2D eigenvalue weighted by molar-refractivity contribution is 0.0922. The third-order valence-corrected chi connectivity index (χ3v) is 1.30. The molecule has 14 heavy (non-hydrogen) atoms. The molecule has 1 aromatic rings. The molecule has 0 spiro atoms. The number of rotatable bonds is 3. The van der Waals surface area contributed by atoms with Crippen molar-refractivity contribution in [3.8, 4) is 0 Å². The van der Waals surface area contributed by atoms with Crippen LogP contribution in [0.15, 0.2) is 12.3 Å². The zero-order chi connectivity index (χ0) is 10.6. The zero-order valence-corrected chi connectivity index (χ0v) is 7.02. The predicted molar refractivity (Wildman–Crippen MR) is 45.3 cm³/mol. The van der Waals surface area contributed by atoms with Gasteiger partial charge in [0.1, 0.15) is 5.69 Å². The number of nitrogens with zero attached hydrogens (tertiary/aromatic N) is 2. The number of nitrogens with two attached hydrogens (primary N) is 2. The number of aromatic nitrogens is 2. The number of carbonyl (C=O) groups is 2. The molecule has 0 fully saturated rings. The van der Waals surface area contributed by atoms with Crippen molar-refractivity contribution in [1.82, 2.24) is 20.9 Å². The third-order valence-electron chi connectivity index (χ3n) is 1.30. The van der Waals surface area contributed by atoms with Crippen LogP contribution < -0.4 is 22.5 Å². The van der Waals surface area contributed by atoms with Crippen LogP contribution >= 0.6 is 0 Å². The Morgan fingerprint density at radius 1 is 1.43 bits per heavy atom. The Hall–Kier alpha value is -2.06. The van der Waals surface area contributed by atoms with Crippen molar-refractivity contribution in [3.63, 3.8) is 0 Å². The van der Waals surface area contributed by atoms with Crippen molar-refractivity contribution in [2.75, 3.05) is 0 Å². The van der Waals surface area contributed by atoms with Crippen molar-refractivity contribution in [1.29, 1.82) is 0 Å². The van der Waals surface area contributed by atoms with E-state index in [1.165, 1.54) is 12.3 Å². The van der Waals surface area contributed by atoms with Gasteiger partial charge in [-0.25, -0.2) is 9.97 Å². The van der Waals surface area contributed by atoms with E-state index in [1.807, 2.05) is 11.0 Å². The highest BCUT2D eigenvalue weighted by Crippen LogP contribution is 1.93. The number of hydrazine groups is 2. The molecule has 0 saturated heterocycles. The second-order valence-corrected chi connectivity index (χ2v) is 2.23. The molecule has 1 heterocycles. The Labute approximate surface area is 78.6 Å². The van der Waals surface area contributed by atoms with Crippen LogP contribution in [0.4, 0.5) is 0 Å². The van der Waals surface area contributed by atoms with E-state index in [4.69, 9.17) is 11.6 Å². The molecule has 0 aromatic carbocycles. The minimum atomic E-state index is -0.734. The van der Waals surface area contributed by atoms with Gasteiger partial charge in [-0.05, 0) is 6.07 Å². The van der Waals surface area contributed by atoms with E-state index in [0.717, 1.165) is 0 Å². The first-order chi connectivity index (χ1) is 6.65. The van der Waals surface area contributed by atoms with Crippen LogP contribution in [0.2, 0.25) is 0 Å². The fraction of sp³-hybridized carbons (Fsp3) is 0. The van der Waals surface area contributed by atoms with Crippen LogP contribution in [-0.4, -0.2) is 21.8 Å². The fourth-order valence-corrected chi connectivity index (χ4v) is 0.727. The monoisotopic (exact) mass is 196 g/mol. The van der Waals surface area contributed by atoms with Gasteiger partial charge in [0.05, 0.1) is 0 Å². The van der Waals surface area contributed by atoms with E-state index in [1.54, 1.807) is 0 Å². The molecule has 1 rings (SSSR count). The lowest BCUT2D eigenvalue weighted by Gasteiger charge is -2.01. The minimum absolute atomic E-state index is 0.0397. The van der Waals surface area contributed by atoms with Gasteiger partial charge in [-0.3, -0.25) is 20.9 Å². The molecule has 0 saturated carbocycles. The molecule has 6 N–H and O–H groups in total. The van der Waals surface area contributed by atoms with Gasteiger partial charge >= 0.3 is 5.91 Å². The molecule has 0 radical (unpaired) electrons. The Morgan fingerprint density at radius 3 is 2.71 bits per heavy atom. The summed E-state index contributed by atoms with van der Waals surface area (Å²) in [7, 11) is 0. The van der Waals surface area contributed by atoms with Gasteiger partial charge in [0.2, 0.25) is 5.82 Å². The van der Waals surface area contributed by atoms with Crippen LogP contribution in [-0.2, 0) is 0 Å². The average molecular weight is 196 g/mol. The normalized spacial score (nSPS) is 9.50. The summed E-state index contributed by atoms with van der Waals surface area (Å²) in [5.41, 5.74) is 8.87. The van der Waals surface area contributed by atoms with E-state index < -0.39 is 11.8 Å². The van der Waals surface area contributed by atoms with Crippen molar-refractivity contribution in [2.24, 2.45) is 11.6 Å². The molecule has 0 aliphatic rings. The summed E-state index contributed by atoms with van der Waals surface area (Å²) >= 11 is 0. The van der Waals surface area contributed by atoms with Gasteiger partial charge < -0.3 is 5.73 Å². The molecule has 0 bridgehead atoms. The Bertz CT molecular complexity index is 365. The molecule has 0 aliphatic carbocycles. The molecule has 2 amide bonds. The quantitative estimate of drug-likeness (QED) is 0.316. The molecular formula is C6H8N6O2. The van der Waals surface area contributed by atoms with Gasteiger partial charge in [0.25, 0.3) is 5.91 Å². The second-order valence-electron chi connectivity index (χ2n) is 2.23. The number of nitrogens with one attached hydrogen (secondary N) is 2. The first kappa shape index (κ1) is 10.0. The summed E-state index contributed by atoms with van der Waals surface area (Å²) in [6.07, 6.45) is 1.25. The van der Waals surface area contributed by atoms with Gasteiger partial charge in [-0.15, -0.1) is 0 Å². The maximum Gasteiger partial charge on any atom is 0.304 e. The predicted octanol–water partition coefficient (Wildman–Crippen LogP) is -2.32. The summed E-state index contributed by atoms with van der Waals surface area (Å²) in [5.74, 6) is 3.25. The number of carbonyl (C=O) groups excluding carboxylic acids is 2. The first-order valence-electron chi connectivity index (χ1n) is 3.54. The zero-order valence-electron chi connectivity index (χ0n) is 7.02. The molecular weight excluding hydrogens is 188 g/mol. The lowest BCUT2D eigenvalue weighted by Crippen LogP contribution is -2.43. The molecule has 8 nitrogen and oxygen atoms in total. The van der Waals surface area contributed by atoms with Crippen LogP contribution in [0.3, 0.4) is 0 Å². The van der Waals surface area contributed by atoms with Gasteiger partial charge in [0.15, 0.2) is 0 Å². The molecule has 1 aromatic heterocycles. The summed E-state index contributed by atoms with van der Waals surface area (Å²) in [5, 5.41) is 0. The van der Waals surface area contributed by atoms with Gasteiger partial charge in [0, 0.05) is 6.20 Å². The molecule has 8 heteroatoms. The van der Waals surface area contributed by atoms with E-state index in [9.17, 15) is 9.59 Å². The van der Waals surface area contributed by atoms with Crippen molar-refractivity contribution < 1.29 is 9.59 Å². The molecule has 0 atom stereocenters. The summed E-state index contributed by atoms with van der Waals surface area (Å²) in [6, 6.07) is 1.30. The Morgan fingerprint density at radius 2 is 2.14 bits per heavy atom. The Kier molecular flexibility index (Phi) is 3.05. The number of hydrogen-bond donors (Lipinski definition) is 4. The first-order valence-corrected chi connectivity index (χ1v) is 3.54. The van der Waals surface area contributed by atoms with Crippen LogP contribution in [0.1, 0.15) is 21.1 Å². The molecule has 0 aliphatic heterocycles. The van der Waals surface area contributed by atoms with E-state index >= 15 is 0 Å². The number of primary amides is 1. The highest BCUT2D eigenvalue weighted by molar-refractivity contribution is 5.94. The summed E-state index contributed by atoms with van der Waals surface area (Å²) in [6.45, 7) is 0. The number of amides is 2. The molecule has 0 unspecified atom stereocenters. The van der Waals surface area contributed by atoms with E-state index in [-0.39, 0.29) is 11.5 Å². The number of hydrogen-bond acceptors (Lipinski definition) is 6. The van der Waals surface area contributed by atoms with Crippen LogP contribution in [0.25, 0.3) is 0 Å². The summed E-state index contributed by atoms with van der Waals surface area (Å²) in [4.78, 5) is 29.0. The van der Waals surface area contributed by atoms with E-state index in [0.29, 0.717) is 0 Å².